The number of benzene rings is 2. The van der Waals surface area contributed by atoms with Crippen LogP contribution in [-0.4, -0.2) is 39.2 Å². The van der Waals surface area contributed by atoms with E-state index in [0.29, 0.717) is 13.1 Å². The van der Waals surface area contributed by atoms with Crippen LogP contribution in [0.25, 0.3) is 0 Å². The summed E-state index contributed by atoms with van der Waals surface area (Å²) in [7, 11) is -7.55. The summed E-state index contributed by atoms with van der Waals surface area (Å²) in [6, 6.07) is 9.94. The molecule has 1 fully saturated rings. The Labute approximate surface area is 163 Å². The molecule has 0 unspecified atom stereocenters. The molecule has 150 valence electrons. The number of nitrogens with zero attached hydrogens (tertiary/aromatic N) is 2. The lowest BCUT2D eigenvalue weighted by Gasteiger charge is -2.25. The van der Waals surface area contributed by atoms with Gasteiger partial charge in [0.2, 0.25) is 10.0 Å². The Morgan fingerprint density at radius 3 is 1.89 bits per heavy atom. The minimum atomic E-state index is -3.96. The summed E-state index contributed by atoms with van der Waals surface area (Å²) in [4.78, 5) is 10.0. The Bertz CT molecular complexity index is 1060. The predicted octanol–water partition coefficient (Wildman–Crippen LogP) is 2.57. The van der Waals surface area contributed by atoms with Gasteiger partial charge in [-0.1, -0.05) is 6.42 Å². The van der Waals surface area contributed by atoms with E-state index in [9.17, 15) is 26.9 Å². The molecule has 3 rings (SSSR count). The second-order valence-corrected chi connectivity index (χ2v) is 9.97. The SMILES string of the molecule is O=[N+]([O-])c1ccc(S(=O)(=O)Nc2ccc(S(=O)(=O)N3CCCCC3)cc2)cc1. The molecule has 2 aromatic carbocycles. The zero-order valence-electron chi connectivity index (χ0n) is 14.8. The van der Waals surface area contributed by atoms with Crippen molar-refractivity contribution >= 4 is 31.4 Å². The summed E-state index contributed by atoms with van der Waals surface area (Å²) >= 11 is 0. The van der Waals surface area contributed by atoms with Crippen molar-refractivity contribution in [1.82, 2.24) is 4.31 Å². The third-order valence-corrected chi connectivity index (χ3v) is 7.73. The van der Waals surface area contributed by atoms with Crippen molar-refractivity contribution < 1.29 is 21.8 Å². The molecule has 0 atom stereocenters. The van der Waals surface area contributed by atoms with Gasteiger partial charge in [0, 0.05) is 30.9 Å². The topological polar surface area (TPSA) is 127 Å². The second-order valence-electron chi connectivity index (χ2n) is 6.35. The molecule has 11 heteroatoms. The van der Waals surface area contributed by atoms with Gasteiger partial charge in [-0.2, -0.15) is 4.31 Å². The van der Waals surface area contributed by atoms with Crippen LogP contribution in [0.4, 0.5) is 11.4 Å². The van der Waals surface area contributed by atoms with Gasteiger partial charge < -0.3 is 0 Å². The van der Waals surface area contributed by atoms with E-state index < -0.39 is 25.0 Å². The smallest absolute Gasteiger partial charge is 0.269 e. The Morgan fingerprint density at radius 2 is 1.36 bits per heavy atom. The van der Waals surface area contributed by atoms with Crippen LogP contribution in [0.2, 0.25) is 0 Å². The quantitative estimate of drug-likeness (QED) is 0.560. The van der Waals surface area contributed by atoms with Gasteiger partial charge in [-0.3, -0.25) is 14.8 Å². The first-order chi connectivity index (χ1) is 13.2. The second kappa shape index (κ2) is 7.86. The standard InChI is InChI=1S/C17H19N3O6S2/c21-20(22)15-6-10-16(11-7-15)27(23,24)18-14-4-8-17(9-5-14)28(25,26)19-12-2-1-3-13-19/h4-11,18H,1-3,12-13H2. The average molecular weight is 425 g/mol. The highest BCUT2D eigenvalue weighted by molar-refractivity contribution is 7.92. The molecule has 0 aliphatic carbocycles. The van der Waals surface area contributed by atoms with Gasteiger partial charge in [0.05, 0.1) is 14.7 Å². The van der Waals surface area contributed by atoms with Gasteiger partial charge in [-0.05, 0) is 49.2 Å². The number of hydrogen-bond donors (Lipinski definition) is 1. The zero-order chi connectivity index (χ0) is 20.4. The summed E-state index contributed by atoms with van der Waals surface area (Å²) in [5, 5.41) is 10.7. The molecule has 28 heavy (non-hydrogen) atoms. The van der Waals surface area contributed by atoms with E-state index in [2.05, 4.69) is 4.72 Å². The van der Waals surface area contributed by atoms with E-state index in [0.717, 1.165) is 43.5 Å². The molecular weight excluding hydrogens is 406 g/mol. The van der Waals surface area contributed by atoms with Gasteiger partial charge >= 0.3 is 0 Å². The van der Waals surface area contributed by atoms with E-state index in [1.54, 1.807) is 0 Å². The van der Waals surface area contributed by atoms with Crippen molar-refractivity contribution in [3.8, 4) is 0 Å². The third-order valence-electron chi connectivity index (χ3n) is 4.42. The maximum absolute atomic E-state index is 12.6. The summed E-state index contributed by atoms with van der Waals surface area (Å²) in [5.74, 6) is 0. The van der Waals surface area contributed by atoms with Crippen molar-refractivity contribution in [3.05, 3.63) is 58.6 Å². The fourth-order valence-corrected chi connectivity index (χ4v) is 5.49. The van der Waals surface area contributed by atoms with Crippen molar-refractivity contribution in [2.75, 3.05) is 17.8 Å². The van der Waals surface area contributed by atoms with E-state index in [-0.39, 0.29) is 21.2 Å². The molecule has 1 saturated heterocycles. The van der Waals surface area contributed by atoms with E-state index in [4.69, 9.17) is 0 Å². The van der Waals surface area contributed by atoms with Crippen LogP contribution in [0.3, 0.4) is 0 Å². The number of hydrogen-bond acceptors (Lipinski definition) is 6. The molecule has 0 spiro atoms. The summed E-state index contributed by atoms with van der Waals surface area (Å²) in [6.07, 6.45) is 2.66. The molecular formula is C17H19N3O6S2. The minimum absolute atomic E-state index is 0.104. The van der Waals surface area contributed by atoms with Crippen LogP contribution in [0.1, 0.15) is 19.3 Å². The fourth-order valence-electron chi connectivity index (χ4n) is 2.91. The van der Waals surface area contributed by atoms with Crippen LogP contribution in [0.15, 0.2) is 58.3 Å². The lowest BCUT2D eigenvalue weighted by atomic mass is 10.2. The molecule has 0 amide bonds. The monoisotopic (exact) mass is 425 g/mol. The number of sulfonamides is 2. The van der Waals surface area contributed by atoms with Crippen LogP contribution in [0, 0.1) is 10.1 Å². The Morgan fingerprint density at radius 1 is 0.821 bits per heavy atom. The first-order valence-corrected chi connectivity index (χ1v) is 11.5. The Kier molecular flexibility index (Phi) is 5.68. The van der Waals surface area contributed by atoms with Gasteiger partial charge in [-0.15, -0.1) is 0 Å². The van der Waals surface area contributed by atoms with Crippen molar-refractivity contribution in [3.63, 3.8) is 0 Å². The van der Waals surface area contributed by atoms with Crippen LogP contribution >= 0.6 is 0 Å². The molecule has 1 N–H and O–H groups in total. The van der Waals surface area contributed by atoms with E-state index >= 15 is 0 Å². The Hall–Kier alpha value is -2.50. The highest BCUT2D eigenvalue weighted by Crippen LogP contribution is 2.24. The minimum Gasteiger partial charge on any atom is -0.280 e. The molecule has 9 nitrogen and oxygen atoms in total. The van der Waals surface area contributed by atoms with Crippen molar-refractivity contribution in [2.45, 2.75) is 29.1 Å². The van der Waals surface area contributed by atoms with Gasteiger partial charge in [0.1, 0.15) is 0 Å². The lowest BCUT2D eigenvalue weighted by molar-refractivity contribution is -0.384. The molecule has 0 aromatic heterocycles. The predicted molar refractivity (Wildman–Crippen MR) is 103 cm³/mol. The van der Waals surface area contributed by atoms with E-state index in [1.165, 1.54) is 28.6 Å². The summed E-state index contributed by atoms with van der Waals surface area (Å²) < 4.78 is 53.8. The number of nitrogens with one attached hydrogen (secondary N) is 1. The zero-order valence-corrected chi connectivity index (χ0v) is 16.4. The van der Waals surface area contributed by atoms with E-state index in [1.807, 2.05) is 0 Å². The van der Waals surface area contributed by atoms with Crippen LogP contribution in [-0.2, 0) is 20.0 Å². The Balaban J connectivity index is 1.77. The number of piperidine rings is 1. The molecule has 0 saturated carbocycles. The maximum atomic E-state index is 12.6. The highest BCUT2D eigenvalue weighted by Gasteiger charge is 2.26. The average Bonchev–Trinajstić information content (AvgIpc) is 2.69. The fraction of sp³-hybridized carbons (Fsp3) is 0.294. The van der Waals surface area contributed by atoms with Crippen LogP contribution < -0.4 is 4.72 Å². The van der Waals surface area contributed by atoms with Gasteiger partial charge in [-0.25, -0.2) is 16.8 Å². The normalized spacial score (nSPS) is 15.9. The van der Waals surface area contributed by atoms with Gasteiger partial charge in [0.15, 0.2) is 0 Å². The number of nitro groups is 1. The molecule has 0 bridgehead atoms. The number of nitro benzene ring substituents is 1. The molecule has 1 heterocycles. The number of rotatable bonds is 6. The van der Waals surface area contributed by atoms with Gasteiger partial charge in [0.25, 0.3) is 15.7 Å². The summed E-state index contributed by atoms with van der Waals surface area (Å²) in [6.45, 7) is 0.966. The first-order valence-electron chi connectivity index (χ1n) is 8.58. The largest absolute Gasteiger partial charge is 0.280 e. The van der Waals surface area contributed by atoms with Crippen molar-refractivity contribution in [2.24, 2.45) is 0 Å². The molecule has 0 radical (unpaired) electrons. The number of non-ortho nitro benzene ring substituents is 1. The third kappa shape index (κ3) is 4.32. The lowest BCUT2D eigenvalue weighted by Crippen LogP contribution is -2.35. The summed E-state index contributed by atoms with van der Waals surface area (Å²) in [5.41, 5.74) is -0.0258. The highest BCUT2D eigenvalue weighted by atomic mass is 32.2. The molecule has 2 aromatic rings. The maximum Gasteiger partial charge on any atom is 0.269 e. The molecule has 1 aliphatic heterocycles. The number of anilines is 1. The van der Waals surface area contributed by atoms with Crippen LogP contribution in [0.5, 0.6) is 0 Å². The van der Waals surface area contributed by atoms with Crippen molar-refractivity contribution in [1.29, 1.82) is 0 Å². The molecule has 1 aliphatic rings. The first kappa shape index (κ1) is 20.2.